The molecule has 2 aliphatic rings. The molecule has 3 aromatic rings. The Bertz CT molecular complexity index is 1420. The summed E-state index contributed by atoms with van der Waals surface area (Å²) >= 11 is 0. The molecule has 240 valence electrons. The van der Waals surface area contributed by atoms with Crippen molar-refractivity contribution in [3.05, 3.63) is 58.1 Å². The highest BCUT2D eigenvalue weighted by Gasteiger charge is 2.27. The molecule has 3 heterocycles. The van der Waals surface area contributed by atoms with Gasteiger partial charge in [0.05, 0.1) is 11.9 Å². The number of aromatic nitrogens is 3. The summed E-state index contributed by atoms with van der Waals surface area (Å²) in [5, 5.41) is 21.4. The Balaban J connectivity index is 0.000000285. The van der Waals surface area contributed by atoms with Crippen LogP contribution >= 0.6 is 0 Å². The van der Waals surface area contributed by atoms with Crippen molar-refractivity contribution in [2.75, 3.05) is 39.3 Å². The fourth-order valence-corrected chi connectivity index (χ4v) is 6.16. The van der Waals surface area contributed by atoms with E-state index in [-0.39, 0.29) is 24.0 Å². The van der Waals surface area contributed by atoms with Crippen LogP contribution in [0.1, 0.15) is 87.1 Å². The summed E-state index contributed by atoms with van der Waals surface area (Å²) in [5.41, 5.74) is 7.31. The molecule has 1 fully saturated rings. The zero-order valence-electron chi connectivity index (χ0n) is 27.4. The monoisotopic (exact) mass is 606 g/mol. The van der Waals surface area contributed by atoms with E-state index in [9.17, 15) is 14.7 Å². The lowest BCUT2D eigenvalue weighted by Crippen LogP contribution is -2.48. The van der Waals surface area contributed by atoms with Gasteiger partial charge in [-0.1, -0.05) is 49.2 Å². The molecule has 1 aromatic heterocycles. The van der Waals surface area contributed by atoms with Gasteiger partial charge in [0.15, 0.2) is 0 Å². The predicted octanol–water partition coefficient (Wildman–Crippen LogP) is 5.26. The molecular formula is C34H50N6O4. The number of fused-ring (bicyclic) bond motifs is 2. The molecule has 10 heteroatoms. The number of amides is 1. The first-order valence-corrected chi connectivity index (χ1v) is 16.0. The predicted molar refractivity (Wildman–Crippen MR) is 173 cm³/mol. The largest absolute Gasteiger partial charge is 0.481 e. The van der Waals surface area contributed by atoms with Crippen LogP contribution in [0.4, 0.5) is 4.79 Å². The number of nitrogens with zero attached hydrogens (tertiary/aromatic N) is 5. The van der Waals surface area contributed by atoms with Crippen molar-refractivity contribution in [3.8, 4) is 0 Å². The fourth-order valence-electron chi connectivity index (χ4n) is 6.16. The van der Waals surface area contributed by atoms with Gasteiger partial charge in [-0.2, -0.15) is 0 Å². The number of carbonyl (C=O) groups is 2. The summed E-state index contributed by atoms with van der Waals surface area (Å²) in [4.78, 5) is 27.6. The van der Waals surface area contributed by atoms with E-state index in [0.717, 1.165) is 80.0 Å². The lowest BCUT2D eigenvalue weighted by atomic mass is 9.80. The van der Waals surface area contributed by atoms with Gasteiger partial charge in [0.25, 0.3) is 0 Å². The van der Waals surface area contributed by atoms with E-state index in [1.165, 1.54) is 30.4 Å². The lowest BCUT2D eigenvalue weighted by Gasteiger charge is -2.32. The van der Waals surface area contributed by atoms with Crippen LogP contribution in [0, 0.1) is 6.92 Å². The first-order chi connectivity index (χ1) is 21.0. The average Bonchev–Trinajstić information content (AvgIpc) is 3.37. The smallest absolute Gasteiger partial charge is 0.410 e. The zero-order chi connectivity index (χ0) is 31.9. The van der Waals surface area contributed by atoms with Crippen molar-refractivity contribution >= 4 is 23.1 Å². The Labute approximate surface area is 261 Å². The normalized spacial score (nSPS) is 16.2. The van der Waals surface area contributed by atoms with Crippen LogP contribution in [0.25, 0.3) is 11.0 Å². The van der Waals surface area contributed by atoms with Crippen LogP contribution in [-0.2, 0) is 29.5 Å². The molecule has 0 radical (unpaired) electrons. The minimum Gasteiger partial charge on any atom is -0.481 e. The molecule has 1 amide bonds. The van der Waals surface area contributed by atoms with Gasteiger partial charge in [0.1, 0.15) is 11.1 Å². The van der Waals surface area contributed by atoms with Gasteiger partial charge < -0.3 is 20.1 Å². The summed E-state index contributed by atoms with van der Waals surface area (Å²) in [6.45, 7) is 16.3. The molecule has 0 spiro atoms. The van der Waals surface area contributed by atoms with Crippen LogP contribution in [0.15, 0.2) is 30.3 Å². The highest BCUT2D eigenvalue weighted by molar-refractivity contribution is 5.80. The van der Waals surface area contributed by atoms with Crippen molar-refractivity contribution in [2.24, 2.45) is 7.05 Å². The Kier molecular flexibility index (Phi) is 11.4. The molecule has 0 bridgehead atoms. The molecule has 1 unspecified atom stereocenters. The standard InChI is InChI=1S/C25H32N4O2.C9H18N2O2/c1-4-5-6-13-29-14-12-20-18(16-29)8-7-9-21(20)22(15-24(30)31)19-10-11-23-25(17(19)2)26-27-28(23)3;1-9(2,3)13-8(12)11-6-4-10-5-7-11/h7-11,22H,4-6,12-16H2,1-3H3,(H,30,31);10H,4-7H2,1-3H3. The van der Waals surface area contributed by atoms with E-state index in [0.29, 0.717) is 0 Å². The number of rotatable bonds is 8. The summed E-state index contributed by atoms with van der Waals surface area (Å²) in [6.07, 6.45) is 4.59. The van der Waals surface area contributed by atoms with Gasteiger partial charge in [-0.3, -0.25) is 9.69 Å². The second kappa shape index (κ2) is 15.0. The van der Waals surface area contributed by atoms with Gasteiger partial charge in [-0.15, -0.1) is 5.10 Å². The van der Waals surface area contributed by atoms with Crippen LogP contribution in [0.3, 0.4) is 0 Å². The SMILES string of the molecule is CC(C)(C)OC(=O)N1CCNCC1.CCCCCN1CCc2c(cccc2C(CC(=O)O)c2ccc3c(nnn3C)c2C)C1. The maximum absolute atomic E-state index is 11.9. The molecule has 5 rings (SSSR count). The fraction of sp³-hybridized carbons (Fsp3) is 0.588. The number of carbonyl (C=O) groups excluding carboxylic acids is 1. The van der Waals surface area contributed by atoms with Crippen molar-refractivity contribution in [1.29, 1.82) is 0 Å². The van der Waals surface area contributed by atoms with Crippen molar-refractivity contribution in [2.45, 2.75) is 84.8 Å². The Morgan fingerprint density at radius 3 is 2.50 bits per heavy atom. The second-order valence-electron chi connectivity index (χ2n) is 12.9. The van der Waals surface area contributed by atoms with E-state index >= 15 is 0 Å². The second-order valence-corrected chi connectivity index (χ2v) is 12.9. The number of carboxylic acid groups (broad SMARTS) is 1. The van der Waals surface area contributed by atoms with E-state index in [4.69, 9.17) is 4.74 Å². The third-order valence-corrected chi connectivity index (χ3v) is 8.44. The zero-order valence-corrected chi connectivity index (χ0v) is 27.4. The number of carboxylic acids is 1. The van der Waals surface area contributed by atoms with E-state index < -0.39 is 5.97 Å². The van der Waals surface area contributed by atoms with Gasteiger partial charge in [-0.25, -0.2) is 9.48 Å². The number of hydrogen-bond donors (Lipinski definition) is 2. The number of ether oxygens (including phenoxy) is 1. The van der Waals surface area contributed by atoms with Gasteiger partial charge in [0.2, 0.25) is 0 Å². The van der Waals surface area contributed by atoms with Crippen LogP contribution < -0.4 is 5.32 Å². The lowest BCUT2D eigenvalue weighted by molar-refractivity contribution is -0.137. The molecule has 0 aliphatic carbocycles. The summed E-state index contributed by atoms with van der Waals surface area (Å²) in [5.74, 6) is -0.969. The first-order valence-electron chi connectivity index (χ1n) is 16.0. The number of piperazine rings is 1. The minimum atomic E-state index is -0.779. The first kappa shape index (κ1) is 33.4. The molecule has 0 saturated carbocycles. The average molecular weight is 607 g/mol. The van der Waals surface area contributed by atoms with Gasteiger partial charge in [0, 0.05) is 52.2 Å². The van der Waals surface area contributed by atoms with Crippen molar-refractivity contribution in [3.63, 3.8) is 0 Å². The van der Waals surface area contributed by atoms with Crippen LogP contribution in [0.5, 0.6) is 0 Å². The third-order valence-electron chi connectivity index (χ3n) is 8.44. The summed E-state index contributed by atoms with van der Waals surface area (Å²) < 4.78 is 7.00. The molecule has 44 heavy (non-hydrogen) atoms. The molecule has 10 nitrogen and oxygen atoms in total. The molecule has 2 aromatic carbocycles. The van der Waals surface area contributed by atoms with Gasteiger partial charge >= 0.3 is 12.1 Å². The number of unbranched alkanes of at least 4 members (excludes halogenated alkanes) is 2. The van der Waals surface area contributed by atoms with E-state index in [1.54, 1.807) is 9.58 Å². The molecule has 2 N–H and O–H groups in total. The molecule has 2 aliphatic heterocycles. The Morgan fingerprint density at radius 2 is 1.82 bits per heavy atom. The summed E-state index contributed by atoms with van der Waals surface area (Å²) in [6, 6.07) is 10.5. The van der Waals surface area contributed by atoms with Gasteiger partial charge in [-0.05, 0) is 81.0 Å². The number of benzene rings is 2. The number of aliphatic carboxylic acids is 1. The quantitative estimate of drug-likeness (QED) is 0.334. The topological polar surface area (TPSA) is 113 Å². The maximum atomic E-state index is 11.9. The maximum Gasteiger partial charge on any atom is 0.410 e. The number of hydrogen-bond acceptors (Lipinski definition) is 7. The van der Waals surface area contributed by atoms with E-state index in [1.807, 2.05) is 40.8 Å². The number of aryl methyl sites for hydroxylation is 2. The van der Waals surface area contributed by atoms with Crippen LogP contribution in [0.2, 0.25) is 0 Å². The molecule has 1 atom stereocenters. The Morgan fingerprint density at radius 1 is 1.07 bits per heavy atom. The number of nitrogens with one attached hydrogen (secondary N) is 1. The van der Waals surface area contributed by atoms with E-state index in [2.05, 4.69) is 51.7 Å². The Hall–Kier alpha value is -3.50. The third kappa shape index (κ3) is 8.57. The molecular weight excluding hydrogens is 556 g/mol. The highest BCUT2D eigenvalue weighted by atomic mass is 16.6. The summed E-state index contributed by atoms with van der Waals surface area (Å²) in [7, 11) is 1.88. The van der Waals surface area contributed by atoms with Crippen molar-refractivity contribution in [1.82, 2.24) is 30.1 Å². The molecule has 1 saturated heterocycles. The van der Waals surface area contributed by atoms with Crippen LogP contribution in [-0.4, -0.2) is 86.8 Å². The highest BCUT2D eigenvalue weighted by Crippen LogP contribution is 2.37. The minimum absolute atomic E-state index is 0.0727. The van der Waals surface area contributed by atoms with Crippen molar-refractivity contribution < 1.29 is 19.4 Å².